The van der Waals surface area contributed by atoms with E-state index in [1.165, 1.54) is 5.56 Å². The van der Waals surface area contributed by atoms with Gasteiger partial charge in [0.2, 0.25) is 0 Å². The lowest BCUT2D eigenvalue weighted by atomic mass is 10.3. The van der Waals surface area contributed by atoms with Crippen molar-refractivity contribution < 1.29 is 0 Å². The molecular formula is C11H15N3S. The first-order valence-electron chi connectivity index (χ1n) is 5.12. The van der Waals surface area contributed by atoms with Gasteiger partial charge in [0.25, 0.3) is 0 Å². The van der Waals surface area contributed by atoms with Crippen molar-refractivity contribution in [1.82, 2.24) is 15.1 Å². The molecule has 1 N–H and O–H groups in total. The van der Waals surface area contributed by atoms with Gasteiger partial charge in [-0.15, -0.1) is 0 Å². The molecule has 0 aliphatic heterocycles. The van der Waals surface area contributed by atoms with Crippen LogP contribution in [0.15, 0.2) is 29.1 Å². The van der Waals surface area contributed by atoms with E-state index in [0.717, 1.165) is 25.3 Å². The van der Waals surface area contributed by atoms with Crippen molar-refractivity contribution >= 4 is 11.3 Å². The number of rotatable bonds is 5. The lowest BCUT2D eigenvalue weighted by molar-refractivity contribution is 0.620. The maximum Gasteiger partial charge on any atom is 0.0762 e. The number of aromatic nitrogens is 2. The van der Waals surface area contributed by atoms with Gasteiger partial charge in [0.1, 0.15) is 0 Å². The lowest BCUT2D eigenvalue weighted by Gasteiger charge is -2.00. The summed E-state index contributed by atoms with van der Waals surface area (Å²) in [6.07, 6.45) is 2.02. The number of aryl methyl sites for hydroxylation is 1. The smallest absolute Gasteiger partial charge is 0.0762 e. The Morgan fingerprint density at radius 2 is 2.33 bits per heavy atom. The highest BCUT2D eigenvalue weighted by Crippen LogP contribution is 2.05. The molecule has 0 atom stereocenters. The Kier molecular flexibility index (Phi) is 3.53. The first-order valence-corrected chi connectivity index (χ1v) is 6.07. The molecule has 0 saturated carbocycles. The number of hydrogen-bond acceptors (Lipinski definition) is 3. The Bertz CT molecular complexity index is 392. The van der Waals surface area contributed by atoms with E-state index >= 15 is 0 Å². The van der Waals surface area contributed by atoms with Crippen LogP contribution in [0.4, 0.5) is 0 Å². The van der Waals surface area contributed by atoms with E-state index in [-0.39, 0.29) is 0 Å². The van der Waals surface area contributed by atoms with Crippen molar-refractivity contribution in [3.63, 3.8) is 0 Å². The van der Waals surface area contributed by atoms with Crippen molar-refractivity contribution in [2.75, 3.05) is 0 Å². The highest BCUT2D eigenvalue weighted by Gasteiger charge is 1.97. The molecule has 0 amide bonds. The fourth-order valence-electron chi connectivity index (χ4n) is 1.40. The average molecular weight is 221 g/mol. The van der Waals surface area contributed by atoms with E-state index in [4.69, 9.17) is 0 Å². The minimum absolute atomic E-state index is 0.836. The van der Waals surface area contributed by atoms with Gasteiger partial charge in [-0.25, -0.2) is 0 Å². The van der Waals surface area contributed by atoms with Crippen LogP contribution in [0.5, 0.6) is 0 Å². The van der Waals surface area contributed by atoms with Crippen molar-refractivity contribution in [3.05, 3.63) is 40.3 Å². The van der Waals surface area contributed by atoms with Crippen LogP contribution in [0, 0.1) is 0 Å². The molecule has 2 aromatic rings. The first kappa shape index (κ1) is 10.4. The molecule has 0 spiro atoms. The molecule has 0 bridgehead atoms. The zero-order valence-corrected chi connectivity index (χ0v) is 9.63. The van der Waals surface area contributed by atoms with Gasteiger partial charge >= 0.3 is 0 Å². The molecule has 15 heavy (non-hydrogen) atoms. The van der Waals surface area contributed by atoms with Crippen molar-refractivity contribution in [3.8, 4) is 0 Å². The van der Waals surface area contributed by atoms with Crippen LogP contribution in [-0.2, 0) is 19.6 Å². The third-order valence-corrected chi connectivity index (χ3v) is 2.97. The van der Waals surface area contributed by atoms with Gasteiger partial charge < -0.3 is 5.32 Å². The molecule has 4 heteroatoms. The summed E-state index contributed by atoms with van der Waals surface area (Å²) < 4.78 is 1.95. The summed E-state index contributed by atoms with van der Waals surface area (Å²) in [5.41, 5.74) is 2.45. The zero-order valence-electron chi connectivity index (χ0n) is 8.81. The highest BCUT2D eigenvalue weighted by atomic mass is 32.1. The Labute approximate surface area is 93.7 Å². The summed E-state index contributed by atoms with van der Waals surface area (Å²) in [6.45, 7) is 4.78. The molecule has 0 unspecified atom stereocenters. The van der Waals surface area contributed by atoms with Crippen LogP contribution in [0.1, 0.15) is 18.2 Å². The van der Waals surface area contributed by atoms with Gasteiger partial charge in [-0.1, -0.05) is 0 Å². The third-order valence-electron chi connectivity index (χ3n) is 2.24. The number of nitrogens with zero attached hydrogens (tertiary/aromatic N) is 2. The van der Waals surface area contributed by atoms with Crippen LogP contribution < -0.4 is 5.32 Å². The molecule has 0 radical (unpaired) electrons. The van der Waals surface area contributed by atoms with Crippen LogP contribution in [0.25, 0.3) is 0 Å². The summed E-state index contributed by atoms with van der Waals surface area (Å²) in [4.78, 5) is 0. The molecular weight excluding hydrogens is 206 g/mol. The molecule has 0 saturated heterocycles. The Morgan fingerprint density at radius 3 is 3.00 bits per heavy atom. The van der Waals surface area contributed by atoms with Crippen molar-refractivity contribution in [2.24, 2.45) is 0 Å². The standard InChI is InChI=1S/C11H15N3S/c1-2-14-5-3-11(13-14)8-12-7-10-4-6-15-9-10/h3-6,9,12H,2,7-8H2,1H3. The molecule has 80 valence electrons. The van der Waals surface area contributed by atoms with E-state index in [2.05, 4.69) is 40.2 Å². The fourth-order valence-corrected chi connectivity index (χ4v) is 2.07. The van der Waals surface area contributed by atoms with Crippen LogP contribution in [0.2, 0.25) is 0 Å². The third kappa shape index (κ3) is 2.91. The molecule has 2 aromatic heterocycles. The second kappa shape index (κ2) is 5.09. The largest absolute Gasteiger partial charge is 0.307 e. The van der Waals surface area contributed by atoms with Crippen LogP contribution >= 0.6 is 11.3 Å². The fraction of sp³-hybridized carbons (Fsp3) is 0.364. The monoisotopic (exact) mass is 221 g/mol. The Hall–Kier alpha value is -1.13. The van der Waals surface area contributed by atoms with Gasteiger partial charge in [0.15, 0.2) is 0 Å². The van der Waals surface area contributed by atoms with Gasteiger partial charge in [0, 0.05) is 25.8 Å². The first-order chi connectivity index (χ1) is 7.38. The second-order valence-corrected chi connectivity index (χ2v) is 4.18. The molecule has 0 aromatic carbocycles. The van der Waals surface area contributed by atoms with E-state index in [9.17, 15) is 0 Å². The second-order valence-electron chi connectivity index (χ2n) is 3.40. The molecule has 3 nitrogen and oxygen atoms in total. The maximum atomic E-state index is 4.40. The molecule has 0 aliphatic carbocycles. The van der Waals surface area contributed by atoms with Crippen LogP contribution in [0.3, 0.4) is 0 Å². The van der Waals surface area contributed by atoms with Crippen LogP contribution in [-0.4, -0.2) is 9.78 Å². The number of thiophene rings is 1. The Morgan fingerprint density at radius 1 is 1.40 bits per heavy atom. The zero-order chi connectivity index (χ0) is 10.5. The van der Waals surface area contributed by atoms with E-state index < -0.39 is 0 Å². The summed E-state index contributed by atoms with van der Waals surface area (Å²) in [6, 6.07) is 4.20. The summed E-state index contributed by atoms with van der Waals surface area (Å²) in [5.74, 6) is 0. The summed E-state index contributed by atoms with van der Waals surface area (Å²) in [5, 5.41) is 12.0. The number of nitrogens with one attached hydrogen (secondary N) is 1. The SMILES string of the molecule is CCn1ccc(CNCc2ccsc2)n1. The summed E-state index contributed by atoms with van der Waals surface area (Å²) in [7, 11) is 0. The predicted molar refractivity (Wildman–Crippen MR) is 62.8 cm³/mol. The maximum absolute atomic E-state index is 4.40. The topological polar surface area (TPSA) is 29.9 Å². The van der Waals surface area contributed by atoms with E-state index in [0.29, 0.717) is 0 Å². The van der Waals surface area contributed by atoms with Crippen molar-refractivity contribution in [1.29, 1.82) is 0 Å². The van der Waals surface area contributed by atoms with Gasteiger partial charge in [-0.2, -0.15) is 16.4 Å². The Balaban J connectivity index is 1.78. The van der Waals surface area contributed by atoms with Gasteiger partial charge in [-0.05, 0) is 35.4 Å². The minimum atomic E-state index is 0.836. The van der Waals surface area contributed by atoms with Crippen molar-refractivity contribution in [2.45, 2.75) is 26.6 Å². The van der Waals surface area contributed by atoms with Gasteiger partial charge in [-0.3, -0.25) is 4.68 Å². The lowest BCUT2D eigenvalue weighted by Crippen LogP contribution is -2.12. The minimum Gasteiger partial charge on any atom is -0.307 e. The average Bonchev–Trinajstić information content (AvgIpc) is 2.88. The highest BCUT2D eigenvalue weighted by molar-refractivity contribution is 7.07. The molecule has 0 fully saturated rings. The molecule has 2 rings (SSSR count). The molecule has 2 heterocycles. The quantitative estimate of drug-likeness (QED) is 0.839. The van der Waals surface area contributed by atoms with Gasteiger partial charge in [0.05, 0.1) is 5.69 Å². The predicted octanol–water partition coefficient (Wildman–Crippen LogP) is 2.25. The molecule has 0 aliphatic rings. The van der Waals surface area contributed by atoms with E-state index in [1.54, 1.807) is 11.3 Å². The number of hydrogen-bond donors (Lipinski definition) is 1. The van der Waals surface area contributed by atoms with E-state index in [1.807, 2.05) is 10.9 Å². The normalized spacial score (nSPS) is 10.7. The summed E-state index contributed by atoms with van der Waals surface area (Å²) >= 11 is 1.73.